The number of ether oxygens (including phenoxy) is 3. The van der Waals surface area contributed by atoms with Crippen LogP contribution in [0.4, 0.5) is 0 Å². The molecule has 4 aromatic rings. The number of aliphatic hydroxyl groups excluding tert-OH is 1. The lowest BCUT2D eigenvalue weighted by Gasteiger charge is -2.27. The fourth-order valence-corrected chi connectivity index (χ4v) is 7.96. The minimum Gasteiger partial charge on any atom is -0.507 e. The number of phenolic OH excluding ortho intramolecular Hbond substituents is 1. The van der Waals surface area contributed by atoms with Crippen LogP contribution in [-0.2, 0) is 9.47 Å². The lowest BCUT2D eigenvalue weighted by atomic mass is 10.0. The van der Waals surface area contributed by atoms with Crippen molar-refractivity contribution in [2.45, 2.75) is 202 Å². The zero-order chi connectivity index (χ0) is 43.8. The molecule has 3 aromatic carbocycles. The van der Waals surface area contributed by atoms with E-state index in [1.807, 2.05) is 12.1 Å². The van der Waals surface area contributed by atoms with E-state index in [1.165, 1.54) is 109 Å². The highest BCUT2D eigenvalue weighted by Gasteiger charge is 2.25. The van der Waals surface area contributed by atoms with Gasteiger partial charge in [0.1, 0.15) is 17.6 Å². The lowest BCUT2D eigenvalue weighted by Crippen LogP contribution is -2.37. The zero-order valence-electron chi connectivity index (χ0n) is 38.9. The summed E-state index contributed by atoms with van der Waals surface area (Å²) in [5, 5.41) is 22.4. The van der Waals surface area contributed by atoms with Gasteiger partial charge >= 0.3 is 0 Å². The third-order valence-electron chi connectivity index (χ3n) is 11.6. The van der Waals surface area contributed by atoms with Gasteiger partial charge in [-0.15, -0.1) is 0 Å². The topological polar surface area (TPSA) is 107 Å². The van der Waals surface area contributed by atoms with Crippen molar-refractivity contribution in [2.75, 3.05) is 6.61 Å². The molecule has 8 heteroatoms. The van der Waals surface area contributed by atoms with Crippen LogP contribution in [-0.4, -0.2) is 50.5 Å². The van der Waals surface area contributed by atoms with Crippen LogP contribution >= 0.6 is 0 Å². The van der Waals surface area contributed by atoms with E-state index in [1.54, 1.807) is 19.1 Å². The monoisotopic (exact) mass is 838 g/mol. The number of phenols is 1. The van der Waals surface area contributed by atoms with Crippen molar-refractivity contribution in [3.8, 4) is 45.7 Å². The van der Waals surface area contributed by atoms with Gasteiger partial charge in [-0.1, -0.05) is 177 Å². The largest absolute Gasteiger partial charge is 0.507 e. The SMILES string of the molecule is CCCCCCCCCCCCOC(CCCCCCCCCCCC)OC(Oc1ccc(-c2nc(-c3ccc(C)cc3C)nc(-c3ccc(C)cc3C)n2)c(O)c1)C(C)O. The fraction of sp³-hybridized carbons (Fsp3) is 0.604. The van der Waals surface area contributed by atoms with E-state index >= 15 is 0 Å². The van der Waals surface area contributed by atoms with E-state index in [4.69, 9.17) is 29.2 Å². The molecule has 0 aliphatic rings. The molecule has 336 valence electrons. The van der Waals surface area contributed by atoms with Crippen LogP contribution in [0.5, 0.6) is 11.5 Å². The molecule has 0 aliphatic heterocycles. The highest BCUT2D eigenvalue weighted by atomic mass is 16.8. The molecule has 0 aliphatic carbocycles. The highest BCUT2D eigenvalue weighted by Crippen LogP contribution is 2.35. The molecule has 2 N–H and O–H groups in total. The average Bonchev–Trinajstić information content (AvgIpc) is 3.22. The molecule has 1 heterocycles. The van der Waals surface area contributed by atoms with Gasteiger partial charge in [-0.05, 0) is 77.1 Å². The van der Waals surface area contributed by atoms with Crippen molar-refractivity contribution in [2.24, 2.45) is 0 Å². The molecule has 0 fully saturated rings. The Kier molecular flexibility index (Phi) is 22.8. The number of rotatable bonds is 31. The Morgan fingerprint density at radius 1 is 0.525 bits per heavy atom. The summed E-state index contributed by atoms with van der Waals surface area (Å²) in [6.45, 7) is 15.0. The second kappa shape index (κ2) is 28.0. The van der Waals surface area contributed by atoms with Crippen molar-refractivity contribution in [3.05, 3.63) is 76.9 Å². The first kappa shape index (κ1) is 49.8. The van der Waals surface area contributed by atoms with E-state index in [2.05, 4.69) is 65.8 Å². The van der Waals surface area contributed by atoms with Gasteiger partial charge in [0.2, 0.25) is 6.29 Å². The number of aromatic hydroxyl groups is 1. The number of hydrogen-bond acceptors (Lipinski definition) is 8. The third kappa shape index (κ3) is 17.8. The summed E-state index contributed by atoms with van der Waals surface area (Å²) < 4.78 is 19.0. The van der Waals surface area contributed by atoms with E-state index < -0.39 is 18.7 Å². The molecular formula is C53H79N3O5. The molecule has 0 bridgehead atoms. The molecule has 4 rings (SSSR count). The molecule has 8 nitrogen and oxygen atoms in total. The molecule has 3 unspecified atom stereocenters. The standard InChI is InChI=1S/C53H79N3O5/c1-8-10-12-14-16-18-20-22-24-26-28-49(59-35-27-25-23-21-19-17-15-13-11-9-2)61-53(43(7)57)60-44-31-34-47(48(58)38-44)52-55-50(45-32-29-39(3)36-41(45)5)54-51(56-52)46-33-30-40(4)37-42(46)6/h29-34,36-38,43,49,53,57-58H,8-28,35H2,1-7H3. The zero-order valence-corrected chi connectivity index (χ0v) is 38.9. The molecular weight excluding hydrogens is 759 g/mol. The van der Waals surface area contributed by atoms with Crippen LogP contribution in [0.3, 0.4) is 0 Å². The maximum Gasteiger partial charge on any atom is 0.228 e. The minimum atomic E-state index is -0.990. The first-order valence-corrected chi connectivity index (χ1v) is 24.0. The van der Waals surface area contributed by atoms with Crippen molar-refractivity contribution in [1.82, 2.24) is 15.0 Å². The molecule has 0 radical (unpaired) electrons. The van der Waals surface area contributed by atoms with Crippen molar-refractivity contribution in [1.29, 1.82) is 0 Å². The number of aromatic nitrogens is 3. The Balaban J connectivity index is 1.44. The Bertz CT molecular complexity index is 1780. The Hall–Kier alpha value is -3.85. The summed E-state index contributed by atoms with van der Waals surface area (Å²) in [5.41, 5.74) is 6.67. The number of benzene rings is 3. The number of unbranched alkanes of at least 4 members (excludes halogenated alkanes) is 18. The van der Waals surface area contributed by atoms with Gasteiger partial charge in [-0.25, -0.2) is 15.0 Å². The normalized spacial score (nSPS) is 13.0. The lowest BCUT2D eigenvalue weighted by molar-refractivity contribution is -0.245. The summed E-state index contributed by atoms with van der Waals surface area (Å²) in [6.07, 6.45) is 23.5. The van der Waals surface area contributed by atoms with Gasteiger partial charge in [0.05, 0.1) is 5.56 Å². The number of nitrogens with zero attached hydrogens (tertiary/aromatic N) is 3. The molecule has 61 heavy (non-hydrogen) atoms. The average molecular weight is 838 g/mol. The Morgan fingerprint density at radius 2 is 0.951 bits per heavy atom. The number of hydrogen-bond donors (Lipinski definition) is 2. The Labute approximate surface area is 369 Å². The molecule has 0 spiro atoms. The molecule has 1 aromatic heterocycles. The summed E-state index contributed by atoms with van der Waals surface area (Å²) >= 11 is 0. The second-order valence-corrected chi connectivity index (χ2v) is 17.4. The molecule has 0 amide bonds. The first-order valence-electron chi connectivity index (χ1n) is 24.0. The summed E-state index contributed by atoms with van der Waals surface area (Å²) in [6, 6.07) is 17.5. The minimum absolute atomic E-state index is 0.0506. The van der Waals surface area contributed by atoms with Crippen molar-refractivity contribution in [3.63, 3.8) is 0 Å². The quantitative estimate of drug-likeness (QED) is 0.0381. The van der Waals surface area contributed by atoms with Crippen LogP contribution in [0.15, 0.2) is 54.6 Å². The maximum atomic E-state index is 11.5. The van der Waals surface area contributed by atoms with E-state index in [9.17, 15) is 10.2 Å². The van der Waals surface area contributed by atoms with Gasteiger partial charge in [0.15, 0.2) is 23.8 Å². The fourth-order valence-electron chi connectivity index (χ4n) is 7.96. The molecule has 0 saturated heterocycles. The number of aryl methyl sites for hydroxylation is 4. The smallest absolute Gasteiger partial charge is 0.228 e. The van der Waals surface area contributed by atoms with Gasteiger partial charge < -0.3 is 24.4 Å². The maximum absolute atomic E-state index is 11.5. The number of aliphatic hydroxyl groups is 1. The van der Waals surface area contributed by atoms with Crippen LogP contribution in [0, 0.1) is 27.7 Å². The van der Waals surface area contributed by atoms with Crippen LogP contribution in [0.25, 0.3) is 34.2 Å². The summed E-state index contributed by atoms with van der Waals surface area (Å²) in [4.78, 5) is 14.7. The van der Waals surface area contributed by atoms with E-state index in [0.717, 1.165) is 65.5 Å². The van der Waals surface area contributed by atoms with Crippen LogP contribution in [0.2, 0.25) is 0 Å². The van der Waals surface area contributed by atoms with Crippen LogP contribution < -0.4 is 4.74 Å². The van der Waals surface area contributed by atoms with Crippen LogP contribution in [0.1, 0.15) is 178 Å². The molecule has 3 atom stereocenters. The summed E-state index contributed by atoms with van der Waals surface area (Å²) in [7, 11) is 0. The van der Waals surface area contributed by atoms with Crippen molar-refractivity contribution >= 4 is 0 Å². The second-order valence-electron chi connectivity index (χ2n) is 17.4. The molecule has 0 saturated carbocycles. The highest BCUT2D eigenvalue weighted by molar-refractivity contribution is 5.72. The third-order valence-corrected chi connectivity index (χ3v) is 11.6. The predicted octanol–water partition coefficient (Wildman–Crippen LogP) is 14.5. The van der Waals surface area contributed by atoms with Gasteiger partial charge in [0.25, 0.3) is 0 Å². The summed E-state index contributed by atoms with van der Waals surface area (Å²) in [5.74, 6) is 1.73. The van der Waals surface area contributed by atoms with Gasteiger partial charge in [0, 0.05) is 23.8 Å². The van der Waals surface area contributed by atoms with Gasteiger partial charge in [-0.3, -0.25) is 0 Å². The Morgan fingerprint density at radius 3 is 1.39 bits per heavy atom. The van der Waals surface area contributed by atoms with E-state index in [-0.39, 0.29) is 5.75 Å². The van der Waals surface area contributed by atoms with Gasteiger partial charge in [-0.2, -0.15) is 0 Å². The van der Waals surface area contributed by atoms with Crippen molar-refractivity contribution < 1.29 is 24.4 Å². The first-order chi connectivity index (χ1) is 29.6. The predicted molar refractivity (Wildman–Crippen MR) is 252 cm³/mol. The van der Waals surface area contributed by atoms with E-state index in [0.29, 0.717) is 35.4 Å².